The lowest BCUT2D eigenvalue weighted by molar-refractivity contribution is 0.647. The lowest BCUT2D eigenvalue weighted by Crippen LogP contribution is -2.57. The van der Waals surface area contributed by atoms with Crippen LogP contribution in [0.3, 0.4) is 0 Å². The van der Waals surface area contributed by atoms with E-state index in [1.165, 1.54) is 93.3 Å². The minimum absolute atomic E-state index is 0.0594. The van der Waals surface area contributed by atoms with Gasteiger partial charge in [0, 0.05) is 27.0 Å². The molecule has 0 radical (unpaired) electrons. The summed E-state index contributed by atoms with van der Waals surface area (Å²) in [4.78, 5) is 0. The predicted octanol–water partition coefficient (Wildman–Crippen LogP) is 9.27. The van der Waals surface area contributed by atoms with Crippen molar-refractivity contribution in [3.8, 4) is 33.4 Å². The van der Waals surface area contributed by atoms with Gasteiger partial charge in [-0.1, -0.05) is 169 Å². The highest BCUT2D eigenvalue weighted by atomic mass is 16.3. The smallest absolute Gasteiger partial charge is 0.254 e. The Labute approximate surface area is 342 Å². The summed E-state index contributed by atoms with van der Waals surface area (Å²) in [5, 5.41) is 5.02. The molecule has 0 amide bonds. The molecule has 60 heavy (non-hydrogen) atoms. The minimum atomic E-state index is -0.258. The van der Waals surface area contributed by atoms with Crippen molar-refractivity contribution < 1.29 is 8.83 Å². The van der Waals surface area contributed by atoms with Gasteiger partial charge >= 0.3 is 0 Å². The van der Waals surface area contributed by atoms with E-state index in [9.17, 15) is 0 Å². The maximum absolute atomic E-state index is 7.53. The Hall–Kier alpha value is -7.69. The maximum Gasteiger partial charge on any atom is 0.254 e. The number of benzene rings is 9. The number of fused-ring (bicyclic) bond motifs is 3. The Morgan fingerprint density at radius 1 is 0.367 bits per heavy atom. The first-order valence-electron chi connectivity index (χ1n) is 20.9. The van der Waals surface area contributed by atoms with Gasteiger partial charge in [-0.05, 0) is 61.9 Å². The van der Waals surface area contributed by atoms with Crippen molar-refractivity contribution >= 4 is 123 Å². The number of nitrogens with zero attached hydrogens (tertiary/aromatic N) is 2. The van der Waals surface area contributed by atoms with Crippen molar-refractivity contribution in [1.29, 1.82) is 0 Å². The van der Waals surface area contributed by atoms with Gasteiger partial charge in [-0.15, -0.1) is 0 Å². The molecule has 4 aromatic heterocycles. The lowest BCUT2D eigenvalue weighted by Gasteiger charge is -2.29. The molecule has 0 aliphatic carbocycles. The first-order valence-corrected chi connectivity index (χ1v) is 20.9. The molecule has 13 aromatic rings. The van der Waals surface area contributed by atoms with E-state index in [2.05, 4.69) is 179 Å². The first-order chi connectivity index (χ1) is 29.8. The van der Waals surface area contributed by atoms with Gasteiger partial charge in [-0.25, -0.2) is 0 Å². The van der Waals surface area contributed by atoms with Crippen LogP contribution in [0.1, 0.15) is 0 Å². The van der Waals surface area contributed by atoms with E-state index in [0.717, 1.165) is 49.9 Å². The minimum Gasteiger partial charge on any atom is -0.453 e. The summed E-state index contributed by atoms with van der Waals surface area (Å²) >= 11 is 0. The van der Waals surface area contributed by atoms with E-state index in [0.29, 0.717) is 0 Å². The molecule has 9 aromatic carbocycles. The third-order valence-electron chi connectivity index (χ3n) is 14.3. The number of hydrogen-bond donors (Lipinski definition) is 0. The summed E-state index contributed by atoms with van der Waals surface area (Å²) in [7, 11) is 0. The fraction of sp³-hybridized carbons (Fsp3) is 0. The van der Waals surface area contributed by atoms with Gasteiger partial charge in [0.25, 0.3) is 13.4 Å². The molecule has 0 N–H and O–H groups in total. The molecular weight excluding hydrogens is 730 g/mol. The molecule has 0 fully saturated rings. The molecule has 0 saturated carbocycles. The van der Waals surface area contributed by atoms with Crippen molar-refractivity contribution in [2.75, 3.05) is 0 Å². The van der Waals surface area contributed by atoms with Crippen molar-refractivity contribution in [3.05, 3.63) is 170 Å². The predicted molar refractivity (Wildman–Crippen MR) is 250 cm³/mol. The second-order valence-electron chi connectivity index (χ2n) is 17.1. The van der Waals surface area contributed by atoms with Gasteiger partial charge in [-0.2, -0.15) is 0 Å². The molecule has 0 saturated heterocycles. The van der Waals surface area contributed by atoms with E-state index in [4.69, 9.17) is 8.83 Å². The summed E-state index contributed by atoms with van der Waals surface area (Å²) in [6.07, 6.45) is 0. The number of hydrogen-bond acceptors (Lipinski definition) is 2. The van der Waals surface area contributed by atoms with Gasteiger partial charge in [0.2, 0.25) is 0 Å². The van der Waals surface area contributed by atoms with Gasteiger partial charge in [0.05, 0.1) is 33.1 Å². The number of rotatable bonds is 5. The van der Waals surface area contributed by atoms with Gasteiger partial charge in [0.1, 0.15) is 11.2 Å². The molecule has 7 heterocycles. The number of para-hydroxylation sites is 2. The maximum atomic E-state index is 7.53. The van der Waals surface area contributed by atoms with Crippen LogP contribution in [0.15, 0.2) is 179 Å². The van der Waals surface area contributed by atoms with Crippen molar-refractivity contribution in [1.82, 2.24) is 8.80 Å². The summed E-state index contributed by atoms with van der Waals surface area (Å²) in [6, 6.07) is 62.3. The highest BCUT2D eigenvalue weighted by molar-refractivity contribution is 7.06. The summed E-state index contributed by atoms with van der Waals surface area (Å²) in [5.74, 6) is 0. The van der Waals surface area contributed by atoms with Gasteiger partial charge < -0.3 is 17.6 Å². The third-order valence-corrected chi connectivity index (χ3v) is 14.3. The molecule has 0 bridgehead atoms. The van der Waals surface area contributed by atoms with Crippen molar-refractivity contribution in [2.24, 2.45) is 0 Å². The summed E-state index contributed by atoms with van der Waals surface area (Å²) < 4.78 is 20.2. The quantitative estimate of drug-likeness (QED) is 0.130. The van der Waals surface area contributed by atoms with Crippen LogP contribution in [0.5, 0.6) is 0 Å². The van der Waals surface area contributed by atoms with E-state index in [1.807, 2.05) is 0 Å². The topological polar surface area (TPSA) is 35.1 Å². The zero-order valence-electron chi connectivity index (χ0n) is 32.0. The summed E-state index contributed by atoms with van der Waals surface area (Å²) in [6.45, 7) is -0.198. The van der Waals surface area contributed by atoms with Crippen LogP contribution in [0.4, 0.5) is 0 Å². The second kappa shape index (κ2) is 10.3. The summed E-state index contributed by atoms with van der Waals surface area (Å²) in [5.41, 5.74) is 25.6. The SMILES string of the molecule is c1ccc(-c2cccc(B(c3cccc(-c4ccccc4)c3)c3c4oc5cccc6c7ccc8c9c7n(c4c4c7c3oc3cccc%10c%11ccc-8c(c%11n7c3%10)B49)c56)c2)cc1. The molecule has 0 atom stereocenters. The van der Waals surface area contributed by atoms with Gasteiger partial charge in [0.15, 0.2) is 11.2 Å². The normalized spacial score (nSPS) is 13.3. The highest BCUT2D eigenvalue weighted by Crippen LogP contribution is 2.46. The highest BCUT2D eigenvalue weighted by Gasteiger charge is 2.48. The van der Waals surface area contributed by atoms with Crippen LogP contribution in [0, 0.1) is 0 Å². The largest absolute Gasteiger partial charge is 0.453 e. The Morgan fingerprint density at radius 3 is 1.32 bits per heavy atom. The third kappa shape index (κ3) is 3.38. The van der Waals surface area contributed by atoms with Crippen LogP contribution < -0.4 is 32.8 Å². The zero-order chi connectivity index (χ0) is 38.5. The molecule has 4 nitrogen and oxygen atoms in total. The standard InChI is InChI=1S/C54H28B2N2O2/c1-3-11-29(12-4-1)31-15-7-17-33(27-31)55(34-18-8-16-32(28-34)30-13-5-2-6-14-30)46-53-51-45-52-54(46)60-42-22-10-20-38-40-26-24-36-35-23-25-39-37-19-9-21-41(59-53)47(37)57(51)49(39)43(35)56(45)44(36)50(40)58(52)48(38)42/h1-28H. The lowest BCUT2D eigenvalue weighted by atomic mass is 9.34. The van der Waals surface area contributed by atoms with Crippen LogP contribution in [-0.2, 0) is 0 Å². The first kappa shape index (κ1) is 30.4. The second-order valence-corrected chi connectivity index (χ2v) is 17.1. The van der Waals surface area contributed by atoms with Gasteiger partial charge in [-0.3, -0.25) is 0 Å². The monoisotopic (exact) mass is 758 g/mol. The van der Waals surface area contributed by atoms with Crippen LogP contribution in [0.25, 0.3) is 110 Å². The molecule has 0 spiro atoms. The van der Waals surface area contributed by atoms with E-state index in [1.54, 1.807) is 0 Å². The Kier molecular flexibility index (Phi) is 5.22. The molecular formula is C54H28B2N2O2. The fourth-order valence-electron chi connectivity index (χ4n) is 12.1. The zero-order valence-corrected chi connectivity index (χ0v) is 32.0. The van der Waals surface area contributed by atoms with Crippen LogP contribution in [0.2, 0.25) is 0 Å². The Balaban J connectivity index is 1.17. The van der Waals surface area contributed by atoms with E-state index >= 15 is 0 Å². The molecule has 6 heteroatoms. The molecule has 0 unspecified atom stereocenters. The molecule has 16 rings (SSSR count). The van der Waals surface area contributed by atoms with Crippen LogP contribution in [-0.4, -0.2) is 22.2 Å². The van der Waals surface area contributed by atoms with E-state index < -0.39 is 0 Å². The number of aromatic nitrogens is 2. The van der Waals surface area contributed by atoms with Crippen LogP contribution >= 0.6 is 0 Å². The molecule has 272 valence electrons. The fourth-order valence-corrected chi connectivity index (χ4v) is 12.1. The average Bonchev–Trinajstić information content (AvgIpc) is 3.96. The van der Waals surface area contributed by atoms with Crippen molar-refractivity contribution in [2.45, 2.75) is 0 Å². The Morgan fingerprint density at radius 2 is 0.817 bits per heavy atom. The van der Waals surface area contributed by atoms with Crippen molar-refractivity contribution in [3.63, 3.8) is 0 Å². The molecule has 3 aliphatic rings. The average molecular weight is 758 g/mol. The van der Waals surface area contributed by atoms with E-state index in [-0.39, 0.29) is 13.4 Å². The Bertz CT molecular complexity index is 3870. The molecule has 3 aliphatic heterocycles.